The van der Waals surface area contributed by atoms with Crippen molar-refractivity contribution in [1.29, 1.82) is 0 Å². The van der Waals surface area contributed by atoms with Crippen LogP contribution in [0.5, 0.6) is 0 Å². The Balaban J connectivity index is 1.31. The summed E-state index contributed by atoms with van der Waals surface area (Å²) in [5, 5.41) is 7.42. The highest BCUT2D eigenvalue weighted by atomic mass is 16.5. The van der Waals surface area contributed by atoms with Gasteiger partial charge in [0.2, 0.25) is 5.91 Å². The molecule has 3 heterocycles. The summed E-state index contributed by atoms with van der Waals surface area (Å²) in [5.41, 5.74) is 0. The van der Waals surface area contributed by atoms with Gasteiger partial charge in [-0.05, 0) is 50.8 Å². The van der Waals surface area contributed by atoms with E-state index in [0.29, 0.717) is 18.4 Å². The highest BCUT2D eigenvalue weighted by molar-refractivity contribution is 5.76. The molecule has 0 saturated carbocycles. The van der Waals surface area contributed by atoms with Crippen molar-refractivity contribution >= 4 is 5.91 Å². The van der Waals surface area contributed by atoms with Crippen LogP contribution in [0.25, 0.3) is 0 Å². The first-order valence-electron chi connectivity index (χ1n) is 8.86. The highest BCUT2D eigenvalue weighted by Gasteiger charge is 2.23. The third-order valence-electron chi connectivity index (χ3n) is 4.97. The van der Waals surface area contributed by atoms with Gasteiger partial charge >= 0.3 is 0 Å². The van der Waals surface area contributed by atoms with E-state index in [1.54, 1.807) is 0 Å². The van der Waals surface area contributed by atoms with Crippen LogP contribution in [-0.4, -0.2) is 59.5 Å². The molecule has 0 aliphatic carbocycles. The number of hydrogen-bond donors (Lipinski definition) is 1. The summed E-state index contributed by atoms with van der Waals surface area (Å²) in [6.07, 6.45) is 8.68. The molecule has 3 rings (SSSR count). The molecule has 1 aromatic heterocycles. The monoisotopic (exact) mass is 320 g/mol. The lowest BCUT2D eigenvalue weighted by molar-refractivity contribution is -0.123. The minimum absolute atomic E-state index is 0.229. The summed E-state index contributed by atoms with van der Waals surface area (Å²) in [6, 6.07) is 2.29. The molecule has 1 N–H and O–H groups in total. The largest absolute Gasteiger partial charge is 0.381 e. The number of nitrogens with zero attached hydrogens (tertiary/aromatic N) is 3. The molecule has 1 amide bonds. The summed E-state index contributed by atoms with van der Waals surface area (Å²) >= 11 is 0. The summed E-state index contributed by atoms with van der Waals surface area (Å²) in [5.74, 6) is 0.766. The molecular formula is C17H28N4O2. The molecule has 23 heavy (non-hydrogen) atoms. The maximum Gasteiger partial charge on any atom is 0.220 e. The minimum atomic E-state index is 0.229. The lowest BCUT2D eigenvalue weighted by Crippen LogP contribution is -2.41. The Hall–Kier alpha value is -1.40. The van der Waals surface area contributed by atoms with Crippen LogP contribution in [0.1, 0.15) is 32.1 Å². The van der Waals surface area contributed by atoms with Gasteiger partial charge in [0, 0.05) is 44.6 Å². The first-order chi connectivity index (χ1) is 11.3. The number of rotatable bonds is 6. The fraction of sp³-hybridized carbons (Fsp3) is 0.765. The summed E-state index contributed by atoms with van der Waals surface area (Å²) in [7, 11) is 0. The molecular weight excluding hydrogens is 292 g/mol. The van der Waals surface area contributed by atoms with Crippen molar-refractivity contribution in [1.82, 2.24) is 20.0 Å². The second-order valence-corrected chi connectivity index (χ2v) is 6.71. The maximum absolute atomic E-state index is 12.2. The number of amides is 1. The van der Waals surface area contributed by atoms with Gasteiger partial charge in [-0.15, -0.1) is 0 Å². The summed E-state index contributed by atoms with van der Waals surface area (Å²) < 4.78 is 7.31. The van der Waals surface area contributed by atoms with Crippen LogP contribution in [0.15, 0.2) is 18.5 Å². The van der Waals surface area contributed by atoms with Gasteiger partial charge in [-0.3, -0.25) is 9.48 Å². The summed E-state index contributed by atoms with van der Waals surface area (Å²) in [6.45, 7) is 5.73. The van der Waals surface area contributed by atoms with Gasteiger partial charge in [-0.2, -0.15) is 5.10 Å². The van der Waals surface area contributed by atoms with E-state index in [0.717, 1.165) is 65.1 Å². The van der Waals surface area contributed by atoms with E-state index in [1.807, 2.05) is 23.1 Å². The van der Waals surface area contributed by atoms with Crippen LogP contribution < -0.4 is 5.32 Å². The third-order valence-corrected chi connectivity index (χ3v) is 4.97. The van der Waals surface area contributed by atoms with Gasteiger partial charge in [0.1, 0.15) is 0 Å². The molecule has 2 fully saturated rings. The number of likely N-dealkylation sites (tertiary alicyclic amines) is 1. The lowest BCUT2D eigenvalue weighted by Gasteiger charge is -2.32. The molecule has 2 aliphatic heterocycles. The Labute approximate surface area is 138 Å². The molecule has 0 bridgehead atoms. The molecule has 2 saturated heterocycles. The van der Waals surface area contributed by atoms with Gasteiger partial charge in [0.15, 0.2) is 0 Å². The molecule has 1 aromatic rings. The topological polar surface area (TPSA) is 59.4 Å². The average molecular weight is 320 g/mol. The third kappa shape index (κ3) is 5.32. The fourth-order valence-electron chi connectivity index (χ4n) is 3.48. The second-order valence-electron chi connectivity index (χ2n) is 6.71. The Bertz CT molecular complexity index is 463. The van der Waals surface area contributed by atoms with Gasteiger partial charge in [-0.25, -0.2) is 0 Å². The number of ether oxygens (including phenoxy) is 1. The predicted octanol–water partition coefficient (Wildman–Crippen LogP) is 1.28. The number of nitrogens with one attached hydrogen (secondary N) is 1. The number of carbonyl (C=O) groups excluding carboxylic acids is 1. The van der Waals surface area contributed by atoms with Gasteiger partial charge < -0.3 is 15.0 Å². The van der Waals surface area contributed by atoms with Crippen LogP contribution in [0, 0.1) is 5.92 Å². The highest BCUT2D eigenvalue weighted by Crippen LogP contribution is 2.20. The van der Waals surface area contributed by atoms with E-state index in [-0.39, 0.29) is 5.91 Å². The number of hydrogen-bond acceptors (Lipinski definition) is 4. The first-order valence-corrected chi connectivity index (χ1v) is 8.86. The van der Waals surface area contributed by atoms with Crippen LogP contribution >= 0.6 is 0 Å². The van der Waals surface area contributed by atoms with E-state index in [1.165, 1.54) is 0 Å². The fourth-order valence-corrected chi connectivity index (χ4v) is 3.48. The van der Waals surface area contributed by atoms with E-state index >= 15 is 0 Å². The molecule has 128 valence electrons. The molecule has 0 unspecified atom stereocenters. The van der Waals surface area contributed by atoms with Crippen molar-refractivity contribution in [3.05, 3.63) is 18.5 Å². The smallest absolute Gasteiger partial charge is 0.220 e. The SMILES string of the molecule is O=C(CC1CCN(CCn2cccn2)CC1)NC1CCOCC1. The van der Waals surface area contributed by atoms with Crippen molar-refractivity contribution < 1.29 is 9.53 Å². The normalized spacial score (nSPS) is 21.4. The zero-order valence-electron chi connectivity index (χ0n) is 13.8. The molecule has 2 aliphatic rings. The van der Waals surface area contributed by atoms with Crippen LogP contribution in [0.3, 0.4) is 0 Å². The molecule has 0 radical (unpaired) electrons. The zero-order valence-corrected chi connectivity index (χ0v) is 13.8. The van der Waals surface area contributed by atoms with Crippen molar-refractivity contribution in [2.24, 2.45) is 5.92 Å². The van der Waals surface area contributed by atoms with Crippen molar-refractivity contribution in [3.63, 3.8) is 0 Å². The van der Waals surface area contributed by atoms with E-state index in [4.69, 9.17) is 4.74 Å². The standard InChI is InChI=1S/C17H28N4O2/c22-17(19-16-4-12-23-13-5-16)14-15-2-8-20(9-3-15)10-11-21-7-1-6-18-21/h1,6-7,15-16H,2-5,8-14H2,(H,19,22). The lowest BCUT2D eigenvalue weighted by atomic mass is 9.93. The van der Waals surface area contributed by atoms with Crippen molar-refractivity contribution in [3.8, 4) is 0 Å². The second kappa shape index (κ2) is 8.45. The number of aromatic nitrogens is 2. The van der Waals surface area contributed by atoms with Crippen LogP contribution in [0.2, 0.25) is 0 Å². The first kappa shape index (κ1) is 16.5. The maximum atomic E-state index is 12.2. The minimum Gasteiger partial charge on any atom is -0.381 e. The van der Waals surface area contributed by atoms with E-state index in [2.05, 4.69) is 15.3 Å². The predicted molar refractivity (Wildman–Crippen MR) is 88.0 cm³/mol. The van der Waals surface area contributed by atoms with E-state index in [9.17, 15) is 4.79 Å². The van der Waals surface area contributed by atoms with Crippen LogP contribution in [-0.2, 0) is 16.1 Å². The number of piperidine rings is 1. The molecule has 0 spiro atoms. The quantitative estimate of drug-likeness (QED) is 0.858. The number of carbonyl (C=O) groups is 1. The van der Waals surface area contributed by atoms with Crippen LogP contribution in [0.4, 0.5) is 0 Å². The zero-order chi connectivity index (χ0) is 15.9. The molecule has 6 nitrogen and oxygen atoms in total. The Morgan fingerprint density at radius 1 is 1.17 bits per heavy atom. The van der Waals surface area contributed by atoms with Crippen molar-refractivity contribution in [2.75, 3.05) is 32.8 Å². The summed E-state index contributed by atoms with van der Waals surface area (Å²) in [4.78, 5) is 14.6. The van der Waals surface area contributed by atoms with Crippen molar-refractivity contribution in [2.45, 2.75) is 44.7 Å². The van der Waals surface area contributed by atoms with Gasteiger partial charge in [0.05, 0.1) is 6.54 Å². The average Bonchev–Trinajstić information content (AvgIpc) is 3.08. The molecule has 6 heteroatoms. The molecule has 0 aromatic carbocycles. The Kier molecular flexibility index (Phi) is 6.05. The molecule has 0 atom stereocenters. The van der Waals surface area contributed by atoms with E-state index < -0.39 is 0 Å². The van der Waals surface area contributed by atoms with Gasteiger partial charge in [0.25, 0.3) is 0 Å². The Morgan fingerprint density at radius 3 is 2.65 bits per heavy atom. The Morgan fingerprint density at radius 2 is 1.96 bits per heavy atom. The van der Waals surface area contributed by atoms with Gasteiger partial charge in [-0.1, -0.05) is 0 Å².